The van der Waals surface area contributed by atoms with Gasteiger partial charge in [-0.25, -0.2) is 4.79 Å². The third-order valence-electron chi connectivity index (χ3n) is 3.42. The second-order valence-corrected chi connectivity index (χ2v) is 5.84. The Hall–Kier alpha value is -2.60. The molecule has 1 aliphatic rings. The van der Waals surface area contributed by atoms with E-state index in [9.17, 15) is 19.5 Å². The van der Waals surface area contributed by atoms with Gasteiger partial charge in [0.05, 0.1) is 16.7 Å². The van der Waals surface area contributed by atoms with E-state index in [1.54, 1.807) is 36.4 Å². The molecule has 1 N–H and O–H groups in total. The van der Waals surface area contributed by atoms with Gasteiger partial charge >= 0.3 is 5.97 Å². The van der Waals surface area contributed by atoms with E-state index in [2.05, 4.69) is 0 Å². The molecule has 0 saturated heterocycles. The van der Waals surface area contributed by atoms with E-state index in [0.29, 0.717) is 20.9 Å². The first-order chi connectivity index (χ1) is 10.5. The minimum Gasteiger partial charge on any atom is -0.478 e. The Labute approximate surface area is 130 Å². The highest BCUT2D eigenvalue weighted by molar-refractivity contribution is 7.99. The fraction of sp³-hybridized carbons (Fsp3) is 0.0625. The molecular formula is C16H11NO4S. The molecule has 22 heavy (non-hydrogen) atoms. The van der Waals surface area contributed by atoms with Crippen LogP contribution in [0.25, 0.3) is 0 Å². The van der Waals surface area contributed by atoms with E-state index in [-0.39, 0.29) is 17.4 Å². The van der Waals surface area contributed by atoms with Gasteiger partial charge in [-0.2, -0.15) is 0 Å². The molecule has 110 valence electrons. The minimum atomic E-state index is -1.03. The van der Waals surface area contributed by atoms with Gasteiger partial charge < -0.3 is 5.11 Å². The summed E-state index contributed by atoms with van der Waals surface area (Å²) in [7, 11) is 1.43. The Bertz CT molecular complexity index is 816. The van der Waals surface area contributed by atoms with Crippen LogP contribution in [0.5, 0.6) is 0 Å². The molecule has 1 aliphatic heterocycles. The summed E-state index contributed by atoms with van der Waals surface area (Å²) in [4.78, 5) is 37.6. The Morgan fingerprint density at radius 1 is 1.00 bits per heavy atom. The van der Waals surface area contributed by atoms with Crippen LogP contribution in [-0.2, 0) is 0 Å². The fourth-order valence-corrected chi connectivity index (χ4v) is 3.40. The molecule has 0 saturated carbocycles. The number of amides is 2. The first-order valence-corrected chi connectivity index (χ1v) is 7.28. The van der Waals surface area contributed by atoms with Crippen LogP contribution in [0.3, 0.4) is 0 Å². The number of carboxylic acids is 1. The lowest BCUT2D eigenvalue weighted by Crippen LogP contribution is -2.24. The average Bonchev–Trinajstić information content (AvgIpc) is 2.73. The molecule has 6 heteroatoms. The van der Waals surface area contributed by atoms with Gasteiger partial charge in [-0.3, -0.25) is 14.5 Å². The maximum atomic E-state index is 12.2. The summed E-state index contributed by atoms with van der Waals surface area (Å²) >= 11 is 1.18. The van der Waals surface area contributed by atoms with Gasteiger partial charge in [0.25, 0.3) is 11.8 Å². The highest BCUT2D eigenvalue weighted by atomic mass is 32.2. The third-order valence-corrected chi connectivity index (χ3v) is 4.55. The molecule has 0 atom stereocenters. The zero-order chi connectivity index (χ0) is 15.9. The second-order valence-electron chi connectivity index (χ2n) is 4.75. The molecule has 0 aromatic heterocycles. The number of aromatic carboxylic acids is 1. The Morgan fingerprint density at radius 3 is 2.41 bits per heavy atom. The number of rotatable bonds is 3. The van der Waals surface area contributed by atoms with Gasteiger partial charge in [0, 0.05) is 16.8 Å². The summed E-state index contributed by atoms with van der Waals surface area (Å²) in [6.45, 7) is 0. The lowest BCUT2D eigenvalue weighted by atomic mass is 10.1. The highest BCUT2D eigenvalue weighted by Gasteiger charge is 2.35. The third kappa shape index (κ3) is 2.17. The van der Waals surface area contributed by atoms with Crippen LogP contribution in [-0.4, -0.2) is 34.8 Å². The molecule has 2 aromatic rings. The summed E-state index contributed by atoms with van der Waals surface area (Å²) < 4.78 is 0. The minimum absolute atomic E-state index is 0.162. The number of carboxylic acid groups (broad SMARTS) is 1. The number of benzene rings is 2. The molecule has 2 amide bonds. The first kappa shape index (κ1) is 14.3. The highest BCUT2D eigenvalue weighted by Crippen LogP contribution is 2.37. The smallest absolute Gasteiger partial charge is 0.336 e. The summed E-state index contributed by atoms with van der Waals surface area (Å²) in [5, 5.41) is 9.23. The van der Waals surface area contributed by atoms with E-state index < -0.39 is 5.97 Å². The molecule has 3 rings (SSSR count). The molecular weight excluding hydrogens is 302 g/mol. The predicted octanol–water partition coefficient (Wildman–Crippen LogP) is 2.76. The molecule has 0 unspecified atom stereocenters. The van der Waals surface area contributed by atoms with Crippen LogP contribution < -0.4 is 0 Å². The zero-order valence-corrected chi connectivity index (χ0v) is 12.4. The van der Waals surface area contributed by atoms with E-state index >= 15 is 0 Å². The largest absolute Gasteiger partial charge is 0.478 e. The van der Waals surface area contributed by atoms with Gasteiger partial charge in [-0.15, -0.1) is 0 Å². The number of nitrogens with zero attached hydrogens (tertiary/aromatic N) is 1. The standard InChI is InChI=1S/C16H11NO4S/c1-17-14(18)10-6-4-8-12(13(10)15(17)19)22-11-7-3-2-5-9(11)16(20)21/h2-8H,1H3,(H,20,21). The lowest BCUT2D eigenvalue weighted by molar-refractivity contribution is 0.0680. The zero-order valence-electron chi connectivity index (χ0n) is 11.6. The fourth-order valence-electron chi connectivity index (χ4n) is 2.31. The average molecular weight is 313 g/mol. The van der Waals surface area contributed by atoms with Crippen LogP contribution in [0, 0.1) is 0 Å². The van der Waals surface area contributed by atoms with Crippen molar-refractivity contribution in [3.63, 3.8) is 0 Å². The van der Waals surface area contributed by atoms with Crippen LogP contribution in [0.4, 0.5) is 0 Å². The summed E-state index contributed by atoms with van der Waals surface area (Å²) in [6, 6.07) is 11.6. The monoisotopic (exact) mass is 313 g/mol. The number of carbonyl (C=O) groups is 3. The molecule has 0 bridgehead atoms. The SMILES string of the molecule is CN1C(=O)c2cccc(Sc3ccccc3C(=O)O)c2C1=O. The number of hydrogen-bond donors (Lipinski definition) is 1. The summed E-state index contributed by atoms with van der Waals surface area (Å²) in [5.41, 5.74) is 0.848. The van der Waals surface area contributed by atoms with Gasteiger partial charge in [0.2, 0.25) is 0 Å². The first-order valence-electron chi connectivity index (χ1n) is 6.46. The Balaban J connectivity index is 2.08. The molecule has 0 radical (unpaired) electrons. The van der Waals surface area contributed by atoms with Crippen LogP contribution in [0.15, 0.2) is 52.3 Å². The van der Waals surface area contributed by atoms with Crippen molar-refractivity contribution in [3.05, 3.63) is 59.2 Å². The van der Waals surface area contributed by atoms with Crippen molar-refractivity contribution in [1.82, 2.24) is 4.90 Å². The molecule has 0 fully saturated rings. The molecule has 0 aliphatic carbocycles. The van der Waals surface area contributed by atoms with Crippen LogP contribution in [0.2, 0.25) is 0 Å². The second kappa shape index (κ2) is 5.31. The number of carbonyl (C=O) groups excluding carboxylic acids is 2. The molecule has 5 nitrogen and oxygen atoms in total. The van der Waals surface area contributed by atoms with Gasteiger partial charge in [0.1, 0.15) is 0 Å². The number of imide groups is 1. The molecule has 0 spiro atoms. The quantitative estimate of drug-likeness (QED) is 0.882. The van der Waals surface area contributed by atoms with Crippen molar-refractivity contribution in [2.24, 2.45) is 0 Å². The maximum Gasteiger partial charge on any atom is 0.336 e. The van der Waals surface area contributed by atoms with Gasteiger partial charge in [-0.1, -0.05) is 30.0 Å². The van der Waals surface area contributed by atoms with E-state index in [1.807, 2.05) is 0 Å². The van der Waals surface area contributed by atoms with Crippen molar-refractivity contribution in [3.8, 4) is 0 Å². The van der Waals surface area contributed by atoms with Gasteiger partial charge in [-0.05, 0) is 24.3 Å². The van der Waals surface area contributed by atoms with Crippen LogP contribution >= 0.6 is 11.8 Å². The molecule has 1 heterocycles. The van der Waals surface area contributed by atoms with E-state index in [0.717, 1.165) is 4.90 Å². The van der Waals surface area contributed by atoms with E-state index in [1.165, 1.54) is 24.9 Å². The van der Waals surface area contributed by atoms with Crippen LogP contribution in [0.1, 0.15) is 31.1 Å². The number of fused-ring (bicyclic) bond motifs is 1. The predicted molar refractivity (Wildman–Crippen MR) is 80.4 cm³/mol. The van der Waals surface area contributed by atoms with Crippen molar-refractivity contribution >= 4 is 29.5 Å². The van der Waals surface area contributed by atoms with E-state index in [4.69, 9.17) is 0 Å². The molecule has 2 aromatic carbocycles. The topological polar surface area (TPSA) is 74.7 Å². The van der Waals surface area contributed by atoms with Crippen molar-refractivity contribution in [2.45, 2.75) is 9.79 Å². The van der Waals surface area contributed by atoms with Crippen molar-refractivity contribution in [1.29, 1.82) is 0 Å². The normalized spacial score (nSPS) is 13.4. The lowest BCUT2D eigenvalue weighted by Gasteiger charge is -2.08. The van der Waals surface area contributed by atoms with Crippen molar-refractivity contribution in [2.75, 3.05) is 7.05 Å². The maximum absolute atomic E-state index is 12.2. The summed E-state index contributed by atoms with van der Waals surface area (Å²) in [6.07, 6.45) is 0. The van der Waals surface area contributed by atoms with Gasteiger partial charge in [0.15, 0.2) is 0 Å². The Morgan fingerprint density at radius 2 is 1.68 bits per heavy atom. The van der Waals surface area contributed by atoms with Crippen molar-refractivity contribution < 1.29 is 19.5 Å². The Kier molecular flexibility index (Phi) is 3.46. The summed E-state index contributed by atoms with van der Waals surface area (Å²) in [5.74, 6) is -1.74. The number of hydrogen-bond acceptors (Lipinski definition) is 4.